The molecule has 0 spiro atoms. The van der Waals surface area contributed by atoms with Crippen molar-refractivity contribution in [3.8, 4) is 0 Å². The number of H-pyrrole nitrogens is 1. The van der Waals surface area contributed by atoms with Crippen molar-refractivity contribution in [1.82, 2.24) is 9.97 Å². The summed E-state index contributed by atoms with van der Waals surface area (Å²) in [5.74, 6) is -0.512. The van der Waals surface area contributed by atoms with Crippen LogP contribution in [0.4, 0.5) is 0 Å². The number of esters is 1. The SMILES string of the molecule is CCOC(OC)c1c(C(=O)OC(C)C)ncc2[nH]c3cccc(Cc4ccccc4Cl)c3c12. The zero-order valence-corrected chi connectivity index (χ0v) is 19.9. The first-order chi connectivity index (χ1) is 15.9. The number of aromatic amines is 1. The predicted molar refractivity (Wildman–Crippen MR) is 130 cm³/mol. The number of hydrogen-bond donors (Lipinski definition) is 1. The molecule has 33 heavy (non-hydrogen) atoms. The molecule has 0 fully saturated rings. The third kappa shape index (κ3) is 4.60. The average Bonchev–Trinajstić information content (AvgIpc) is 3.17. The lowest BCUT2D eigenvalue weighted by atomic mass is 9.97. The molecule has 4 rings (SSSR count). The molecule has 2 aromatic heterocycles. The molecule has 1 unspecified atom stereocenters. The first-order valence-corrected chi connectivity index (χ1v) is 11.3. The van der Waals surface area contributed by atoms with Gasteiger partial charge in [0.25, 0.3) is 0 Å². The number of rotatable bonds is 8. The van der Waals surface area contributed by atoms with E-state index in [9.17, 15) is 4.79 Å². The lowest BCUT2D eigenvalue weighted by Gasteiger charge is -2.20. The molecule has 0 saturated carbocycles. The molecule has 0 aliphatic carbocycles. The fourth-order valence-electron chi connectivity index (χ4n) is 4.11. The first kappa shape index (κ1) is 23.2. The predicted octanol–water partition coefficient (Wildman–Crippen LogP) is 6.21. The lowest BCUT2D eigenvalue weighted by Crippen LogP contribution is -2.19. The molecular formula is C26H27ClN2O4. The second-order valence-electron chi connectivity index (χ2n) is 8.02. The van der Waals surface area contributed by atoms with Crippen LogP contribution in [0.1, 0.15) is 54.2 Å². The molecule has 1 N–H and O–H groups in total. The highest BCUT2D eigenvalue weighted by atomic mass is 35.5. The van der Waals surface area contributed by atoms with Gasteiger partial charge in [0.2, 0.25) is 0 Å². The number of pyridine rings is 1. The topological polar surface area (TPSA) is 73.4 Å². The van der Waals surface area contributed by atoms with Gasteiger partial charge in [-0.1, -0.05) is 41.9 Å². The van der Waals surface area contributed by atoms with Gasteiger partial charge in [0.1, 0.15) is 0 Å². The standard InChI is InChI=1S/C26H27ClN2O4/c1-5-32-26(31-4)23-22-20(14-28-24(23)25(30)33-15(2)3)29-19-12-8-10-17(21(19)22)13-16-9-6-7-11-18(16)27/h6-12,14-15,26,29H,5,13H2,1-4H3. The number of benzene rings is 2. The van der Waals surface area contributed by atoms with E-state index in [1.54, 1.807) is 27.2 Å². The third-order valence-corrected chi connectivity index (χ3v) is 5.80. The van der Waals surface area contributed by atoms with E-state index in [0.717, 1.165) is 32.9 Å². The molecule has 4 aromatic rings. The summed E-state index contributed by atoms with van der Waals surface area (Å²) in [7, 11) is 1.55. The molecule has 172 valence electrons. The molecule has 0 amide bonds. The van der Waals surface area contributed by atoms with E-state index in [0.29, 0.717) is 23.6 Å². The van der Waals surface area contributed by atoms with E-state index in [2.05, 4.69) is 16.0 Å². The Morgan fingerprint density at radius 3 is 2.52 bits per heavy atom. The number of carbonyl (C=O) groups is 1. The van der Waals surface area contributed by atoms with Crippen molar-refractivity contribution in [3.05, 3.63) is 76.1 Å². The van der Waals surface area contributed by atoms with Crippen LogP contribution < -0.4 is 0 Å². The number of nitrogens with one attached hydrogen (secondary N) is 1. The van der Waals surface area contributed by atoms with Crippen molar-refractivity contribution >= 4 is 39.4 Å². The largest absolute Gasteiger partial charge is 0.458 e. The van der Waals surface area contributed by atoms with E-state index in [-0.39, 0.29) is 11.8 Å². The van der Waals surface area contributed by atoms with Crippen LogP contribution in [0.5, 0.6) is 0 Å². The van der Waals surface area contributed by atoms with Gasteiger partial charge in [0.05, 0.1) is 23.4 Å². The average molecular weight is 467 g/mol. The summed E-state index contributed by atoms with van der Waals surface area (Å²) < 4.78 is 17.0. The van der Waals surface area contributed by atoms with Gasteiger partial charge >= 0.3 is 5.97 Å². The number of halogens is 1. The van der Waals surface area contributed by atoms with Gasteiger partial charge < -0.3 is 19.2 Å². The van der Waals surface area contributed by atoms with Crippen molar-refractivity contribution < 1.29 is 19.0 Å². The Kier molecular flexibility index (Phi) is 6.98. The second kappa shape index (κ2) is 9.91. The van der Waals surface area contributed by atoms with Crippen molar-refractivity contribution in [2.75, 3.05) is 13.7 Å². The van der Waals surface area contributed by atoms with Gasteiger partial charge in [0, 0.05) is 35.0 Å². The number of carbonyl (C=O) groups excluding carboxylic acids is 1. The minimum absolute atomic E-state index is 0.185. The van der Waals surface area contributed by atoms with Crippen LogP contribution >= 0.6 is 11.6 Å². The highest BCUT2D eigenvalue weighted by Gasteiger charge is 2.28. The van der Waals surface area contributed by atoms with Gasteiger partial charge in [0.15, 0.2) is 12.0 Å². The molecule has 2 heterocycles. The summed E-state index contributed by atoms with van der Waals surface area (Å²) in [6.07, 6.45) is 1.22. The van der Waals surface area contributed by atoms with E-state index in [1.807, 2.05) is 43.3 Å². The molecule has 0 saturated heterocycles. The summed E-state index contributed by atoms with van der Waals surface area (Å²) in [4.78, 5) is 20.9. The van der Waals surface area contributed by atoms with Crippen LogP contribution in [0, 0.1) is 0 Å². The van der Waals surface area contributed by atoms with Crippen LogP contribution in [0.3, 0.4) is 0 Å². The van der Waals surface area contributed by atoms with Crippen LogP contribution in [0.15, 0.2) is 48.7 Å². The molecule has 0 radical (unpaired) electrons. The molecular weight excluding hydrogens is 440 g/mol. The second-order valence-corrected chi connectivity index (χ2v) is 8.43. The van der Waals surface area contributed by atoms with Gasteiger partial charge in [-0.2, -0.15) is 0 Å². The number of ether oxygens (including phenoxy) is 3. The van der Waals surface area contributed by atoms with Gasteiger partial charge in [-0.05, 0) is 50.5 Å². The van der Waals surface area contributed by atoms with Crippen molar-refractivity contribution in [2.24, 2.45) is 0 Å². The molecule has 0 aliphatic heterocycles. The normalized spacial score (nSPS) is 12.5. The molecule has 1 atom stereocenters. The maximum atomic E-state index is 13.0. The fourth-order valence-corrected chi connectivity index (χ4v) is 4.31. The fraction of sp³-hybridized carbons (Fsp3) is 0.308. The monoisotopic (exact) mass is 466 g/mol. The molecule has 2 aromatic carbocycles. The number of fused-ring (bicyclic) bond motifs is 3. The summed E-state index contributed by atoms with van der Waals surface area (Å²) >= 11 is 6.46. The summed E-state index contributed by atoms with van der Waals surface area (Å²) in [5.41, 5.74) is 4.54. The zero-order valence-electron chi connectivity index (χ0n) is 19.1. The summed E-state index contributed by atoms with van der Waals surface area (Å²) in [6, 6.07) is 13.9. The quantitative estimate of drug-likeness (QED) is 0.247. The van der Waals surface area contributed by atoms with Crippen molar-refractivity contribution in [3.63, 3.8) is 0 Å². The van der Waals surface area contributed by atoms with Crippen LogP contribution in [-0.2, 0) is 20.6 Å². The van der Waals surface area contributed by atoms with Crippen LogP contribution in [-0.4, -0.2) is 35.8 Å². The minimum atomic E-state index is -0.784. The summed E-state index contributed by atoms with van der Waals surface area (Å²) in [5, 5.41) is 2.52. The Bertz CT molecular complexity index is 1300. The van der Waals surface area contributed by atoms with Gasteiger partial charge in [-0.15, -0.1) is 0 Å². The molecule has 0 bridgehead atoms. The maximum Gasteiger partial charge on any atom is 0.357 e. The number of methoxy groups -OCH3 is 1. The Hall–Kier alpha value is -2.93. The zero-order chi connectivity index (χ0) is 23.5. The highest BCUT2D eigenvalue weighted by molar-refractivity contribution is 6.31. The smallest absolute Gasteiger partial charge is 0.357 e. The van der Waals surface area contributed by atoms with Crippen LogP contribution in [0.2, 0.25) is 5.02 Å². The van der Waals surface area contributed by atoms with Gasteiger partial charge in [-0.3, -0.25) is 0 Å². The Morgan fingerprint density at radius 2 is 1.82 bits per heavy atom. The first-order valence-electron chi connectivity index (χ1n) is 11.0. The molecule has 6 nitrogen and oxygen atoms in total. The van der Waals surface area contributed by atoms with Gasteiger partial charge in [-0.25, -0.2) is 9.78 Å². The van der Waals surface area contributed by atoms with Crippen molar-refractivity contribution in [2.45, 2.75) is 39.6 Å². The van der Waals surface area contributed by atoms with E-state index in [1.165, 1.54) is 0 Å². The third-order valence-electron chi connectivity index (χ3n) is 5.43. The Morgan fingerprint density at radius 1 is 1.06 bits per heavy atom. The van der Waals surface area contributed by atoms with Crippen LogP contribution in [0.25, 0.3) is 21.8 Å². The number of nitrogens with zero attached hydrogens (tertiary/aromatic N) is 1. The Labute approximate surface area is 197 Å². The molecule has 7 heteroatoms. The molecule has 0 aliphatic rings. The van der Waals surface area contributed by atoms with E-state index < -0.39 is 12.3 Å². The van der Waals surface area contributed by atoms with Crippen molar-refractivity contribution in [1.29, 1.82) is 0 Å². The lowest BCUT2D eigenvalue weighted by molar-refractivity contribution is -0.123. The number of aromatic nitrogens is 2. The maximum absolute atomic E-state index is 13.0. The van der Waals surface area contributed by atoms with E-state index >= 15 is 0 Å². The highest BCUT2D eigenvalue weighted by Crippen LogP contribution is 2.38. The Balaban J connectivity index is 2.01. The van der Waals surface area contributed by atoms with E-state index in [4.69, 9.17) is 25.8 Å². The minimum Gasteiger partial charge on any atom is -0.458 e. The summed E-state index contributed by atoms with van der Waals surface area (Å²) in [6.45, 7) is 5.89. The number of hydrogen-bond acceptors (Lipinski definition) is 5.